The molecule has 172 valence electrons. The van der Waals surface area contributed by atoms with Crippen molar-refractivity contribution in [2.45, 2.75) is 37.9 Å². The summed E-state index contributed by atoms with van der Waals surface area (Å²) >= 11 is 0. The lowest BCUT2D eigenvalue weighted by molar-refractivity contribution is -0.137. The van der Waals surface area contributed by atoms with Gasteiger partial charge in [-0.15, -0.1) is 0 Å². The van der Waals surface area contributed by atoms with Crippen LogP contribution in [0.25, 0.3) is 0 Å². The number of aliphatic imine (C=N–C) groups is 1. The first-order valence-electron chi connectivity index (χ1n) is 10.2. The molecule has 7 heteroatoms. The topological polar surface area (TPSA) is 29.4 Å². The van der Waals surface area contributed by atoms with Crippen molar-refractivity contribution in [3.63, 3.8) is 0 Å². The van der Waals surface area contributed by atoms with Crippen LogP contribution in [0.2, 0.25) is 0 Å². The van der Waals surface area contributed by atoms with E-state index in [9.17, 15) is 26.7 Å². The highest BCUT2D eigenvalue weighted by Gasteiger charge is 2.36. The molecule has 0 spiro atoms. The molecule has 33 heavy (non-hydrogen) atoms. The lowest BCUT2D eigenvalue weighted by Crippen LogP contribution is -2.21. The number of allylic oxidation sites excluding steroid dienone is 3. The zero-order valence-electron chi connectivity index (χ0n) is 18.0. The molecule has 1 aliphatic heterocycles. The standard InChI is InChI=1S/C26H22F5NO/c1-16(19-10-7-11-20(14-19)26(29,30)31)12-13-22(33)17(2)21-15-23(25(3,27)28)32-24(21)18-8-5-4-6-9-18/h4-16,24H,2H2,1,3H3. The van der Waals surface area contributed by atoms with Gasteiger partial charge in [0, 0.05) is 12.5 Å². The van der Waals surface area contributed by atoms with E-state index in [1.54, 1.807) is 37.3 Å². The van der Waals surface area contributed by atoms with Gasteiger partial charge < -0.3 is 0 Å². The minimum absolute atomic E-state index is 0.000606. The molecule has 0 amide bonds. The number of ketones is 1. The summed E-state index contributed by atoms with van der Waals surface area (Å²) in [4.78, 5) is 16.9. The van der Waals surface area contributed by atoms with Gasteiger partial charge in [0.1, 0.15) is 11.8 Å². The quantitative estimate of drug-likeness (QED) is 0.316. The lowest BCUT2D eigenvalue weighted by atomic mass is 9.91. The van der Waals surface area contributed by atoms with E-state index in [0.29, 0.717) is 11.1 Å². The zero-order chi connectivity index (χ0) is 24.4. The third kappa shape index (κ3) is 5.72. The van der Waals surface area contributed by atoms with Crippen molar-refractivity contribution >= 4 is 11.5 Å². The molecule has 0 aliphatic carbocycles. The van der Waals surface area contributed by atoms with Crippen molar-refractivity contribution in [1.82, 2.24) is 0 Å². The van der Waals surface area contributed by atoms with Gasteiger partial charge in [0.05, 0.1) is 5.56 Å². The Bertz CT molecular complexity index is 1140. The third-order valence-corrected chi connectivity index (χ3v) is 5.34. The molecule has 3 rings (SSSR count). The Labute approximate surface area is 188 Å². The smallest absolute Gasteiger partial charge is 0.289 e. The molecule has 2 nitrogen and oxygen atoms in total. The summed E-state index contributed by atoms with van der Waals surface area (Å²) in [6.45, 7) is 6.18. The van der Waals surface area contributed by atoms with Gasteiger partial charge in [-0.05, 0) is 40.8 Å². The monoisotopic (exact) mass is 459 g/mol. The van der Waals surface area contributed by atoms with Crippen LogP contribution < -0.4 is 0 Å². The first-order chi connectivity index (χ1) is 15.4. The molecule has 0 fully saturated rings. The van der Waals surface area contributed by atoms with Gasteiger partial charge in [-0.1, -0.05) is 68.1 Å². The second kappa shape index (κ2) is 9.25. The maximum Gasteiger partial charge on any atom is 0.416 e. The third-order valence-electron chi connectivity index (χ3n) is 5.34. The normalized spacial score (nSPS) is 17.6. The van der Waals surface area contributed by atoms with E-state index in [1.807, 2.05) is 0 Å². The molecule has 0 N–H and O–H groups in total. The number of alkyl halides is 5. The molecular weight excluding hydrogens is 437 g/mol. The van der Waals surface area contributed by atoms with Crippen LogP contribution in [0.1, 0.15) is 42.5 Å². The van der Waals surface area contributed by atoms with E-state index < -0.39 is 41.1 Å². The van der Waals surface area contributed by atoms with Gasteiger partial charge >= 0.3 is 6.18 Å². The maximum absolute atomic E-state index is 13.9. The summed E-state index contributed by atoms with van der Waals surface area (Å²) in [6.07, 6.45) is -0.615. The van der Waals surface area contributed by atoms with E-state index in [4.69, 9.17) is 0 Å². The molecule has 2 unspecified atom stereocenters. The molecule has 0 saturated heterocycles. The van der Waals surface area contributed by atoms with Crippen molar-refractivity contribution in [1.29, 1.82) is 0 Å². The van der Waals surface area contributed by atoms with Gasteiger partial charge in [-0.3, -0.25) is 9.79 Å². The van der Waals surface area contributed by atoms with E-state index in [0.717, 1.165) is 19.1 Å². The van der Waals surface area contributed by atoms with Crippen molar-refractivity contribution in [2.24, 2.45) is 4.99 Å². The number of nitrogens with zero attached hydrogens (tertiary/aromatic N) is 1. The summed E-state index contributed by atoms with van der Waals surface area (Å²) in [5.41, 5.74) is 0.0688. The van der Waals surface area contributed by atoms with E-state index in [2.05, 4.69) is 11.6 Å². The predicted molar refractivity (Wildman–Crippen MR) is 118 cm³/mol. The first kappa shape index (κ1) is 24.3. The van der Waals surface area contributed by atoms with Crippen molar-refractivity contribution in [3.05, 3.63) is 107 Å². The van der Waals surface area contributed by atoms with E-state index >= 15 is 0 Å². The molecular formula is C26H22F5NO. The highest BCUT2D eigenvalue weighted by molar-refractivity contribution is 6.11. The number of hydrogen-bond acceptors (Lipinski definition) is 2. The van der Waals surface area contributed by atoms with Crippen molar-refractivity contribution in [3.8, 4) is 0 Å². The van der Waals surface area contributed by atoms with Crippen LogP contribution in [0.15, 0.2) is 95.5 Å². The summed E-state index contributed by atoms with van der Waals surface area (Å²) in [5, 5.41) is 0. The van der Waals surface area contributed by atoms with Crippen molar-refractivity contribution in [2.75, 3.05) is 0 Å². The Morgan fingerprint density at radius 3 is 2.33 bits per heavy atom. The van der Waals surface area contributed by atoms with Gasteiger partial charge in [-0.25, -0.2) is 0 Å². The first-order valence-corrected chi connectivity index (χ1v) is 10.2. The van der Waals surface area contributed by atoms with Gasteiger partial charge in [0.25, 0.3) is 5.92 Å². The van der Waals surface area contributed by atoms with E-state index in [1.165, 1.54) is 30.4 Å². The number of hydrogen-bond donors (Lipinski definition) is 0. The summed E-state index contributed by atoms with van der Waals surface area (Å²) in [6, 6.07) is 12.8. The largest absolute Gasteiger partial charge is 0.416 e. The Morgan fingerprint density at radius 2 is 1.73 bits per heavy atom. The average Bonchev–Trinajstić information content (AvgIpc) is 3.23. The fraction of sp³-hybridized carbons (Fsp3) is 0.231. The number of carbonyl (C=O) groups is 1. The maximum atomic E-state index is 13.9. The fourth-order valence-corrected chi connectivity index (χ4v) is 3.44. The number of halogens is 5. The molecule has 1 heterocycles. The summed E-state index contributed by atoms with van der Waals surface area (Å²) < 4.78 is 66.7. The number of benzene rings is 2. The Kier molecular flexibility index (Phi) is 6.81. The van der Waals surface area contributed by atoms with Crippen LogP contribution in [0.3, 0.4) is 0 Å². The molecule has 2 aromatic carbocycles. The summed E-state index contributed by atoms with van der Waals surface area (Å²) in [7, 11) is 0. The highest BCUT2D eigenvalue weighted by atomic mass is 19.4. The van der Waals surface area contributed by atoms with Crippen LogP contribution in [0.5, 0.6) is 0 Å². The number of carbonyl (C=O) groups excluding carboxylic acids is 1. The minimum atomic E-state index is -4.47. The lowest BCUT2D eigenvalue weighted by Gasteiger charge is -2.14. The molecule has 2 aromatic rings. The van der Waals surface area contributed by atoms with Crippen LogP contribution in [-0.2, 0) is 11.0 Å². The van der Waals surface area contributed by atoms with Gasteiger partial charge in [0.2, 0.25) is 0 Å². The molecule has 1 aliphatic rings. The SMILES string of the molecule is C=C(C(=O)C=CC(C)c1cccc(C(F)(F)F)c1)C1=CC(C(C)(F)F)=NC1c1ccccc1. The van der Waals surface area contributed by atoms with Crippen LogP contribution >= 0.6 is 0 Å². The van der Waals surface area contributed by atoms with Crippen molar-refractivity contribution < 1.29 is 26.7 Å². The fourth-order valence-electron chi connectivity index (χ4n) is 3.44. The molecule has 0 aromatic heterocycles. The Hall–Kier alpha value is -3.35. The molecule has 0 bridgehead atoms. The molecule has 0 saturated carbocycles. The van der Waals surface area contributed by atoms with E-state index in [-0.39, 0.29) is 11.1 Å². The number of rotatable bonds is 7. The minimum Gasteiger partial charge on any atom is -0.289 e. The van der Waals surface area contributed by atoms with Crippen LogP contribution in [0.4, 0.5) is 22.0 Å². The zero-order valence-corrected chi connectivity index (χ0v) is 18.0. The average molecular weight is 459 g/mol. The summed E-state index contributed by atoms with van der Waals surface area (Å²) in [5.74, 6) is -4.21. The van der Waals surface area contributed by atoms with Crippen LogP contribution in [0, 0.1) is 0 Å². The highest BCUT2D eigenvalue weighted by Crippen LogP contribution is 2.38. The second-order valence-electron chi connectivity index (χ2n) is 7.93. The van der Waals surface area contributed by atoms with Crippen LogP contribution in [-0.4, -0.2) is 17.4 Å². The van der Waals surface area contributed by atoms with Gasteiger partial charge in [-0.2, -0.15) is 22.0 Å². The Morgan fingerprint density at radius 1 is 1.06 bits per heavy atom. The Balaban J connectivity index is 1.82. The predicted octanol–water partition coefficient (Wildman–Crippen LogP) is 7.27. The van der Waals surface area contributed by atoms with Gasteiger partial charge in [0.15, 0.2) is 5.78 Å². The molecule has 0 radical (unpaired) electrons. The molecule has 2 atom stereocenters. The second-order valence-corrected chi connectivity index (χ2v) is 7.93.